The summed E-state index contributed by atoms with van der Waals surface area (Å²) < 4.78 is 0. The van der Waals surface area contributed by atoms with E-state index in [4.69, 9.17) is 0 Å². The third kappa shape index (κ3) is 3.88. The van der Waals surface area contributed by atoms with Crippen LogP contribution in [0.15, 0.2) is 40.8 Å². The lowest BCUT2D eigenvalue weighted by atomic mass is 10.3. The summed E-state index contributed by atoms with van der Waals surface area (Å²) in [6.07, 6.45) is 4.28. The van der Waals surface area contributed by atoms with E-state index in [-0.39, 0.29) is 0 Å². The van der Waals surface area contributed by atoms with Crippen molar-refractivity contribution in [2.75, 3.05) is 18.1 Å². The van der Waals surface area contributed by atoms with Crippen LogP contribution in [0, 0.1) is 0 Å². The van der Waals surface area contributed by atoms with Gasteiger partial charge in [-0.2, -0.15) is 0 Å². The minimum Gasteiger partial charge on any atom is -0.382 e. The van der Waals surface area contributed by atoms with Crippen LogP contribution in [0.25, 0.3) is 0 Å². The van der Waals surface area contributed by atoms with Gasteiger partial charge in [0, 0.05) is 17.1 Å². The maximum absolute atomic E-state index is 3.36. The summed E-state index contributed by atoms with van der Waals surface area (Å²) in [7, 11) is 0. The van der Waals surface area contributed by atoms with Gasteiger partial charge in [0.05, 0.1) is 0 Å². The molecule has 14 heavy (non-hydrogen) atoms. The molecule has 0 bridgehead atoms. The molecule has 76 valence electrons. The molecule has 0 atom stereocenters. The van der Waals surface area contributed by atoms with Crippen molar-refractivity contribution < 1.29 is 0 Å². The van der Waals surface area contributed by atoms with Gasteiger partial charge < -0.3 is 5.32 Å². The zero-order valence-corrected chi connectivity index (χ0v) is 9.82. The maximum Gasteiger partial charge on any atom is 0.0353 e. The monoisotopic (exact) mass is 207 g/mol. The molecule has 0 fully saturated rings. The number of thioether (sulfide) groups is 1. The molecule has 0 saturated carbocycles. The molecule has 1 aromatic carbocycles. The van der Waals surface area contributed by atoms with E-state index in [1.165, 1.54) is 16.2 Å². The second kappa shape index (κ2) is 5.76. The summed E-state index contributed by atoms with van der Waals surface area (Å²) in [5.74, 6) is 0. The van der Waals surface area contributed by atoms with Crippen LogP contribution in [-0.4, -0.2) is 12.8 Å². The molecule has 1 N–H and O–H groups in total. The molecule has 0 radical (unpaired) electrons. The molecule has 0 unspecified atom stereocenters. The Balaban J connectivity index is 2.54. The van der Waals surface area contributed by atoms with E-state index in [1.54, 1.807) is 11.8 Å². The number of allylic oxidation sites excluding steroid dienone is 1. The Kier molecular flexibility index (Phi) is 4.60. The number of rotatable bonds is 4. The van der Waals surface area contributed by atoms with Crippen molar-refractivity contribution in [3.63, 3.8) is 0 Å². The Morgan fingerprint density at radius 2 is 2.21 bits per heavy atom. The van der Waals surface area contributed by atoms with Crippen LogP contribution in [0.2, 0.25) is 0 Å². The SMILES string of the molecule is CSc1cccc(NCC=C(C)C)c1. The number of hydrogen-bond acceptors (Lipinski definition) is 2. The molecule has 0 aromatic heterocycles. The van der Waals surface area contributed by atoms with Crippen LogP contribution in [0.1, 0.15) is 13.8 Å². The van der Waals surface area contributed by atoms with Gasteiger partial charge in [-0.25, -0.2) is 0 Å². The van der Waals surface area contributed by atoms with Crippen LogP contribution in [-0.2, 0) is 0 Å². The topological polar surface area (TPSA) is 12.0 Å². The van der Waals surface area contributed by atoms with Gasteiger partial charge in [0.1, 0.15) is 0 Å². The minimum atomic E-state index is 0.903. The van der Waals surface area contributed by atoms with E-state index in [0.717, 1.165) is 6.54 Å². The lowest BCUT2D eigenvalue weighted by Gasteiger charge is -2.05. The molecule has 1 aromatic rings. The van der Waals surface area contributed by atoms with Crippen LogP contribution in [0.5, 0.6) is 0 Å². The summed E-state index contributed by atoms with van der Waals surface area (Å²) in [5.41, 5.74) is 2.54. The van der Waals surface area contributed by atoms with Crippen molar-refractivity contribution in [1.29, 1.82) is 0 Å². The highest BCUT2D eigenvalue weighted by Gasteiger charge is 1.92. The fraction of sp³-hybridized carbons (Fsp3) is 0.333. The first-order valence-electron chi connectivity index (χ1n) is 4.73. The van der Waals surface area contributed by atoms with Gasteiger partial charge in [0.2, 0.25) is 0 Å². The van der Waals surface area contributed by atoms with Crippen molar-refractivity contribution in [1.82, 2.24) is 0 Å². The Hall–Kier alpha value is -0.890. The number of anilines is 1. The molecule has 0 aliphatic rings. The molecule has 2 heteroatoms. The average Bonchev–Trinajstić information content (AvgIpc) is 2.18. The quantitative estimate of drug-likeness (QED) is 0.595. The van der Waals surface area contributed by atoms with Crippen molar-refractivity contribution in [2.45, 2.75) is 18.7 Å². The molecule has 1 rings (SSSR count). The lowest BCUT2D eigenvalue weighted by molar-refractivity contribution is 1.25. The average molecular weight is 207 g/mol. The number of nitrogens with one attached hydrogen (secondary N) is 1. The molecule has 0 heterocycles. The summed E-state index contributed by atoms with van der Waals surface area (Å²) >= 11 is 1.77. The Morgan fingerprint density at radius 1 is 1.43 bits per heavy atom. The Morgan fingerprint density at radius 3 is 2.86 bits per heavy atom. The highest BCUT2D eigenvalue weighted by molar-refractivity contribution is 7.98. The first kappa shape index (κ1) is 11.2. The predicted octanol–water partition coefficient (Wildman–Crippen LogP) is 3.79. The first-order chi connectivity index (χ1) is 6.72. The predicted molar refractivity (Wildman–Crippen MR) is 66.1 cm³/mol. The van der Waals surface area contributed by atoms with Crippen molar-refractivity contribution in [3.05, 3.63) is 35.9 Å². The summed E-state index contributed by atoms with van der Waals surface area (Å²) in [4.78, 5) is 1.30. The van der Waals surface area contributed by atoms with E-state index in [2.05, 4.69) is 55.8 Å². The molecular formula is C12H17NS. The third-order valence-corrected chi connectivity index (χ3v) is 2.61. The molecule has 0 amide bonds. The van der Waals surface area contributed by atoms with Crippen molar-refractivity contribution >= 4 is 17.4 Å². The zero-order chi connectivity index (χ0) is 10.4. The summed E-state index contributed by atoms with van der Waals surface area (Å²) in [5, 5.41) is 3.36. The standard InChI is InChI=1S/C12H17NS/c1-10(2)7-8-13-11-5-4-6-12(9-11)14-3/h4-7,9,13H,8H2,1-3H3. The fourth-order valence-corrected chi connectivity index (χ4v) is 1.57. The molecule has 0 aliphatic heterocycles. The fourth-order valence-electron chi connectivity index (χ4n) is 1.11. The molecule has 1 nitrogen and oxygen atoms in total. The van der Waals surface area contributed by atoms with Gasteiger partial charge in [-0.3, -0.25) is 0 Å². The van der Waals surface area contributed by atoms with Crippen LogP contribution in [0.3, 0.4) is 0 Å². The van der Waals surface area contributed by atoms with Crippen LogP contribution < -0.4 is 5.32 Å². The molecule has 0 aliphatic carbocycles. The largest absolute Gasteiger partial charge is 0.382 e. The molecular weight excluding hydrogens is 190 g/mol. The van der Waals surface area contributed by atoms with Gasteiger partial charge in [-0.1, -0.05) is 17.7 Å². The Labute approximate surface area is 90.6 Å². The van der Waals surface area contributed by atoms with Gasteiger partial charge in [0.25, 0.3) is 0 Å². The second-order valence-electron chi connectivity index (χ2n) is 3.39. The molecule has 0 saturated heterocycles. The normalized spacial score (nSPS) is 9.64. The van der Waals surface area contributed by atoms with Gasteiger partial charge in [-0.05, 0) is 38.3 Å². The summed E-state index contributed by atoms with van der Waals surface area (Å²) in [6.45, 7) is 5.13. The highest BCUT2D eigenvalue weighted by Crippen LogP contribution is 2.18. The lowest BCUT2D eigenvalue weighted by Crippen LogP contribution is -1.98. The van der Waals surface area contributed by atoms with Crippen LogP contribution >= 0.6 is 11.8 Å². The maximum atomic E-state index is 3.36. The summed E-state index contributed by atoms with van der Waals surface area (Å²) in [6, 6.07) is 8.47. The number of benzene rings is 1. The zero-order valence-electron chi connectivity index (χ0n) is 9.00. The van der Waals surface area contributed by atoms with Gasteiger partial charge in [-0.15, -0.1) is 11.8 Å². The minimum absolute atomic E-state index is 0.903. The van der Waals surface area contributed by atoms with Gasteiger partial charge in [0.15, 0.2) is 0 Å². The van der Waals surface area contributed by atoms with E-state index >= 15 is 0 Å². The Bertz CT molecular complexity index is 314. The van der Waals surface area contributed by atoms with Crippen molar-refractivity contribution in [3.8, 4) is 0 Å². The van der Waals surface area contributed by atoms with E-state index in [0.29, 0.717) is 0 Å². The van der Waals surface area contributed by atoms with Crippen molar-refractivity contribution in [2.24, 2.45) is 0 Å². The van der Waals surface area contributed by atoms with Crippen LogP contribution in [0.4, 0.5) is 5.69 Å². The van der Waals surface area contributed by atoms with E-state index < -0.39 is 0 Å². The van der Waals surface area contributed by atoms with Gasteiger partial charge >= 0.3 is 0 Å². The third-order valence-electron chi connectivity index (χ3n) is 1.89. The molecule has 0 spiro atoms. The number of hydrogen-bond donors (Lipinski definition) is 1. The second-order valence-corrected chi connectivity index (χ2v) is 4.27. The smallest absolute Gasteiger partial charge is 0.0353 e. The van der Waals surface area contributed by atoms with E-state index in [1.807, 2.05) is 0 Å². The van der Waals surface area contributed by atoms with E-state index in [9.17, 15) is 0 Å². The first-order valence-corrected chi connectivity index (χ1v) is 5.96. The highest BCUT2D eigenvalue weighted by atomic mass is 32.2.